The highest BCUT2D eigenvalue weighted by atomic mass is 32.2. The van der Waals surface area contributed by atoms with Gasteiger partial charge in [-0.15, -0.1) is 0 Å². The Morgan fingerprint density at radius 1 is 1.06 bits per heavy atom. The van der Waals surface area contributed by atoms with E-state index in [1.54, 1.807) is 13.1 Å². The molecule has 0 aliphatic heterocycles. The van der Waals surface area contributed by atoms with E-state index in [1.807, 2.05) is 11.5 Å². The number of aryl methyl sites for hydroxylation is 2. The Bertz CT molecular complexity index is 1280. The van der Waals surface area contributed by atoms with E-state index in [0.29, 0.717) is 29.9 Å². The maximum absolute atomic E-state index is 12.7. The quantitative estimate of drug-likeness (QED) is 0.474. The maximum atomic E-state index is 12.7. The predicted molar refractivity (Wildman–Crippen MR) is 123 cm³/mol. The summed E-state index contributed by atoms with van der Waals surface area (Å²) in [5.41, 5.74) is 1.18. The highest BCUT2D eigenvalue weighted by Crippen LogP contribution is 2.29. The van der Waals surface area contributed by atoms with Gasteiger partial charge in [0, 0.05) is 47.1 Å². The molecule has 2 aromatic carbocycles. The number of imidazole rings is 1. The summed E-state index contributed by atoms with van der Waals surface area (Å²) >= 11 is 0. The molecule has 0 saturated carbocycles. The zero-order valence-electron chi connectivity index (χ0n) is 19.4. The molecule has 0 bridgehead atoms. The number of sulfonamides is 1. The van der Waals surface area contributed by atoms with Crippen LogP contribution in [0.15, 0.2) is 47.4 Å². The van der Waals surface area contributed by atoms with Gasteiger partial charge in [-0.2, -0.15) is 13.2 Å². The number of halogens is 3. The minimum absolute atomic E-state index is 0.143. The molecule has 184 valence electrons. The number of hydrogen-bond acceptors (Lipinski definition) is 4. The molecule has 1 heterocycles. The molecule has 1 amide bonds. The average molecular weight is 497 g/mol. The fourth-order valence-corrected chi connectivity index (χ4v) is 4.57. The fraction of sp³-hybridized carbons (Fsp3) is 0.391. The lowest BCUT2D eigenvalue weighted by Gasteiger charge is -2.18. The fourth-order valence-electron chi connectivity index (χ4n) is 3.65. The normalized spacial score (nSPS) is 12.5. The second-order valence-corrected chi connectivity index (χ2v) is 10.3. The number of rotatable bonds is 8. The van der Waals surface area contributed by atoms with Crippen molar-refractivity contribution in [3.05, 3.63) is 59.4 Å². The number of amides is 1. The van der Waals surface area contributed by atoms with E-state index in [0.717, 1.165) is 22.0 Å². The van der Waals surface area contributed by atoms with Crippen LogP contribution < -0.4 is 0 Å². The summed E-state index contributed by atoms with van der Waals surface area (Å²) < 4.78 is 66.1. The van der Waals surface area contributed by atoms with E-state index in [1.165, 1.54) is 43.3 Å². The first-order chi connectivity index (χ1) is 15.8. The SMILES string of the molecule is CCn1c(CCC(=O)N(C)Cc2ccc(C(F)(F)F)cc2)nc2cc(S(=O)(=O)N(C)C)ccc21. The van der Waals surface area contributed by atoms with Gasteiger partial charge in [-0.3, -0.25) is 4.79 Å². The number of fused-ring (bicyclic) bond motifs is 1. The van der Waals surface area contributed by atoms with Crippen molar-refractivity contribution in [3.63, 3.8) is 0 Å². The molecular formula is C23H27F3N4O3S. The Labute approximate surface area is 196 Å². The summed E-state index contributed by atoms with van der Waals surface area (Å²) in [5, 5.41) is 0. The first kappa shape index (κ1) is 25.7. The molecule has 11 heteroatoms. The number of benzene rings is 2. The van der Waals surface area contributed by atoms with Gasteiger partial charge in [0.2, 0.25) is 15.9 Å². The second kappa shape index (κ2) is 9.75. The Hall–Kier alpha value is -2.92. The van der Waals surface area contributed by atoms with E-state index < -0.39 is 21.8 Å². The molecule has 0 N–H and O–H groups in total. The van der Waals surface area contributed by atoms with Gasteiger partial charge in [0.05, 0.1) is 21.5 Å². The molecule has 0 aliphatic carbocycles. The van der Waals surface area contributed by atoms with Crippen LogP contribution in [-0.2, 0) is 40.5 Å². The molecule has 3 aromatic rings. The van der Waals surface area contributed by atoms with E-state index in [-0.39, 0.29) is 23.8 Å². The first-order valence-corrected chi connectivity index (χ1v) is 12.1. The summed E-state index contributed by atoms with van der Waals surface area (Å²) in [4.78, 5) is 18.8. The van der Waals surface area contributed by atoms with Gasteiger partial charge in [-0.1, -0.05) is 12.1 Å². The van der Waals surface area contributed by atoms with Crippen molar-refractivity contribution in [3.8, 4) is 0 Å². The highest BCUT2D eigenvalue weighted by molar-refractivity contribution is 7.89. The van der Waals surface area contributed by atoms with Crippen molar-refractivity contribution < 1.29 is 26.4 Å². The Balaban J connectivity index is 1.72. The van der Waals surface area contributed by atoms with Crippen molar-refractivity contribution >= 4 is 27.0 Å². The summed E-state index contributed by atoms with van der Waals surface area (Å²) in [6, 6.07) is 9.51. The van der Waals surface area contributed by atoms with Gasteiger partial charge in [-0.05, 0) is 42.8 Å². The highest BCUT2D eigenvalue weighted by Gasteiger charge is 2.30. The molecule has 0 spiro atoms. The standard InChI is InChI=1S/C23H27F3N4O3S/c1-5-30-20-11-10-18(34(32,33)28(2)3)14-19(20)27-21(30)12-13-22(31)29(4)15-16-6-8-17(9-7-16)23(24,25)26/h6-11,14H,5,12-13,15H2,1-4H3. The zero-order chi connectivity index (χ0) is 25.3. The molecule has 0 aliphatic rings. The lowest BCUT2D eigenvalue weighted by Crippen LogP contribution is -2.26. The summed E-state index contributed by atoms with van der Waals surface area (Å²) in [7, 11) is 0.924. The van der Waals surface area contributed by atoms with Crippen molar-refractivity contribution in [2.24, 2.45) is 0 Å². The lowest BCUT2D eigenvalue weighted by molar-refractivity contribution is -0.137. The van der Waals surface area contributed by atoms with Crippen LogP contribution in [0.2, 0.25) is 0 Å². The maximum Gasteiger partial charge on any atom is 0.416 e. The second-order valence-electron chi connectivity index (χ2n) is 8.15. The van der Waals surface area contributed by atoms with Gasteiger partial charge in [0.25, 0.3) is 0 Å². The molecule has 1 aromatic heterocycles. The van der Waals surface area contributed by atoms with Gasteiger partial charge >= 0.3 is 6.18 Å². The van der Waals surface area contributed by atoms with Crippen molar-refractivity contribution in [2.45, 2.75) is 43.9 Å². The van der Waals surface area contributed by atoms with Gasteiger partial charge in [0.15, 0.2) is 0 Å². The van der Waals surface area contributed by atoms with Gasteiger partial charge in [-0.25, -0.2) is 17.7 Å². The van der Waals surface area contributed by atoms with Crippen LogP contribution in [-0.4, -0.2) is 54.2 Å². The van der Waals surface area contributed by atoms with Crippen LogP contribution in [0.25, 0.3) is 11.0 Å². The van der Waals surface area contributed by atoms with Crippen LogP contribution in [0.5, 0.6) is 0 Å². The van der Waals surface area contributed by atoms with Crippen LogP contribution in [0.3, 0.4) is 0 Å². The third-order valence-electron chi connectivity index (χ3n) is 5.58. The number of nitrogens with zero attached hydrogens (tertiary/aromatic N) is 4. The van der Waals surface area contributed by atoms with E-state index >= 15 is 0 Å². The number of carbonyl (C=O) groups excluding carboxylic acids is 1. The summed E-state index contributed by atoms with van der Waals surface area (Å²) in [6.45, 7) is 2.72. The van der Waals surface area contributed by atoms with Crippen LogP contribution >= 0.6 is 0 Å². The largest absolute Gasteiger partial charge is 0.416 e. The van der Waals surface area contributed by atoms with Crippen LogP contribution in [0.1, 0.15) is 30.3 Å². The molecule has 0 atom stereocenters. The van der Waals surface area contributed by atoms with E-state index in [4.69, 9.17) is 0 Å². The van der Waals surface area contributed by atoms with Crippen molar-refractivity contribution in [1.82, 2.24) is 18.8 Å². The predicted octanol–water partition coefficient (Wildman–Crippen LogP) is 3.92. The zero-order valence-corrected chi connectivity index (χ0v) is 20.2. The summed E-state index contributed by atoms with van der Waals surface area (Å²) in [6.07, 6.45) is -3.90. The van der Waals surface area contributed by atoms with E-state index in [9.17, 15) is 26.4 Å². The van der Waals surface area contributed by atoms with Crippen molar-refractivity contribution in [2.75, 3.05) is 21.1 Å². The lowest BCUT2D eigenvalue weighted by atomic mass is 10.1. The molecule has 3 rings (SSSR count). The topological polar surface area (TPSA) is 75.5 Å². The Morgan fingerprint density at radius 2 is 1.71 bits per heavy atom. The summed E-state index contributed by atoms with van der Waals surface area (Å²) in [5.74, 6) is 0.485. The van der Waals surface area contributed by atoms with Crippen LogP contribution in [0, 0.1) is 0 Å². The molecule has 0 fully saturated rings. The minimum atomic E-state index is -4.40. The number of aromatic nitrogens is 2. The molecule has 0 unspecified atom stereocenters. The molecule has 34 heavy (non-hydrogen) atoms. The van der Waals surface area contributed by atoms with Crippen molar-refractivity contribution in [1.29, 1.82) is 0 Å². The Morgan fingerprint density at radius 3 is 2.26 bits per heavy atom. The third-order valence-corrected chi connectivity index (χ3v) is 7.39. The molecular weight excluding hydrogens is 469 g/mol. The smallest absolute Gasteiger partial charge is 0.341 e. The number of alkyl halides is 3. The number of carbonyl (C=O) groups is 1. The van der Waals surface area contributed by atoms with Gasteiger partial charge in [0.1, 0.15) is 5.82 Å². The van der Waals surface area contributed by atoms with Gasteiger partial charge < -0.3 is 9.47 Å². The number of hydrogen-bond donors (Lipinski definition) is 0. The Kier molecular flexibility index (Phi) is 7.37. The molecule has 0 saturated heterocycles. The monoisotopic (exact) mass is 496 g/mol. The minimum Gasteiger partial charge on any atom is -0.341 e. The van der Waals surface area contributed by atoms with E-state index in [2.05, 4.69) is 4.98 Å². The van der Waals surface area contributed by atoms with Crippen LogP contribution in [0.4, 0.5) is 13.2 Å². The molecule has 7 nitrogen and oxygen atoms in total. The first-order valence-electron chi connectivity index (χ1n) is 10.7. The average Bonchev–Trinajstić information content (AvgIpc) is 3.13. The molecule has 0 radical (unpaired) electrons. The third kappa shape index (κ3) is 5.41.